The first-order chi connectivity index (χ1) is 3.62. The Balaban J connectivity index is 3.37. The van der Waals surface area contributed by atoms with Gasteiger partial charge in [-0.05, 0) is 0 Å². The molecule has 0 saturated heterocycles. The van der Waals surface area contributed by atoms with E-state index in [2.05, 4.69) is 0 Å². The smallest absolute Gasteiger partial charge is 0.237 e. The van der Waals surface area contributed by atoms with Crippen LogP contribution < -0.4 is 0 Å². The highest BCUT2D eigenvalue weighted by Crippen LogP contribution is 2.23. The minimum absolute atomic E-state index is 0.299. The molecule has 0 aromatic carbocycles. The molecule has 0 aliphatic carbocycles. The summed E-state index contributed by atoms with van der Waals surface area (Å²) in [6, 6.07) is 0. The molecule has 0 spiro atoms. The van der Waals surface area contributed by atoms with Crippen LogP contribution in [0.2, 0.25) is 0 Å². The third kappa shape index (κ3) is 2.88. The zero-order valence-electron chi connectivity index (χ0n) is 4.63. The van der Waals surface area contributed by atoms with Gasteiger partial charge in [0.1, 0.15) is 0 Å². The van der Waals surface area contributed by atoms with Gasteiger partial charge in [-0.2, -0.15) is 0 Å². The minimum Gasteiger partial charge on any atom is -0.237 e. The second-order valence-electron chi connectivity index (χ2n) is 1.62. The zero-order valence-corrected chi connectivity index (χ0v) is 4.63. The van der Waals surface area contributed by atoms with Crippen LogP contribution in [0, 0.1) is 6.67 Å². The van der Waals surface area contributed by atoms with E-state index in [4.69, 9.17) is 0 Å². The Labute approximate surface area is 46.7 Å². The van der Waals surface area contributed by atoms with Gasteiger partial charge in [-0.1, -0.05) is 13.3 Å². The Bertz CT molecular complexity index is 60.7. The summed E-state index contributed by atoms with van der Waals surface area (Å²) < 4.78 is 34.5. The molecular weight excluding hydrogens is 117 g/mol. The van der Waals surface area contributed by atoms with E-state index in [0.29, 0.717) is 6.42 Å². The summed E-state index contributed by atoms with van der Waals surface area (Å²) >= 11 is 0. The average molecular weight is 125 g/mol. The summed E-state index contributed by atoms with van der Waals surface area (Å²) in [5, 5.41) is 0. The van der Waals surface area contributed by atoms with Crippen molar-refractivity contribution >= 4 is 0 Å². The first-order valence-corrected chi connectivity index (χ1v) is 2.45. The number of halogens is 3. The van der Waals surface area contributed by atoms with Gasteiger partial charge in [-0.3, -0.25) is 0 Å². The van der Waals surface area contributed by atoms with Crippen molar-refractivity contribution in [2.24, 2.45) is 0 Å². The monoisotopic (exact) mass is 125 g/mol. The maximum Gasteiger partial charge on any atom is 0.281 e. The topological polar surface area (TPSA) is 0 Å². The van der Waals surface area contributed by atoms with Crippen LogP contribution in [-0.4, -0.2) is 5.92 Å². The SMILES string of the molecule is CCCC(F)(F)[CH]F. The van der Waals surface area contributed by atoms with Crippen LogP contribution in [0.3, 0.4) is 0 Å². The molecule has 0 heterocycles. The lowest BCUT2D eigenvalue weighted by atomic mass is 10.2. The summed E-state index contributed by atoms with van der Waals surface area (Å²) in [7, 11) is 0. The Kier molecular flexibility index (Phi) is 2.87. The molecule has 0 N–H and O–H groups in total. The zero-order chi connectivity index (χ0) is 6.62. The molecule has 0 aliphatic heterocycles. The normalized spacial score (nSPS) is 12.0. The molecule has 8 heavy (non-hydrogen) atoms. The molecule has 0 aromatic heterocycles. The lowest BCUT2D eigenvalue weighted by molar-refractivity contribution is 0.00297. The van der Waals surface area contributed by atoms with Crippen molar-refractivity contribution in [3.63, 3.8) is 0 Å². The molecule has 0 bridgehead atoms. The quantitative estimate of drug-likeness (QED) is 0.543. The highest BCUT2D eigenvalue weighted by Gasteiger charge is 2.27. The molecule has 49 valence electrons. The molecule has 1 radical (unpaired) electrons. The van der Waals surface area contributed by atoms with Crippen molar-refractivity contribution in [3.05, 3.63) is 6.67 Å². The van der Waals surface area contributed by atoms with Crippen LogP contribution in [0.5, 0.6) is 0 Å². The maximum absolute atomic E-state index is 11.7. The molecule has 0 nitrogen and oxygen atoms in total. The number of hydrogen-bond acceptors (Lipinski definition) is 0. The van der Waals surface area contributed by atoms with Crippen molar-refractivity contribution in [1.82, 2.24) is 0 Å². The predicted molar refractivity (Wildman–Crippen MR) is 25.3 cm³/mol. The molecule has 0 aliphatic rings. The molecule has 0 atom stereocenters. The van der Waals surface area contributed by atoms with E-state index in [0.717, 1.165) is 0 Å². The van der Waals surface area contributed by atoms with E-state index in [1.807, 2.05) is 0 Å². The standard InChI is InChI=1S/C5H8F3/c1-2-3-5(7,8)4-6/h4H,2-3H2,1H3. The van der Waals surface area contributed by atoms with E-state index in [1.54, 1.807) is 6.92 Å². The highest BCUT2D eigenvalue weighted by molar-refractivity contribution is 4.72. The van der Waals surface area contributed by atoms with Crippen molar-refractivity contribution in [2.75, 3.05) is 0 Å². The van der Waals surface area contributed by atoms with E-state index in [-0.39, 0.29) is 0 Å². The van der Waals surface area contributed by atoms with Crippen LogP contribution in [0.1, 0.15) is 19.8 Å². The number of hydrogen-bond donors (Lipinski definition) is 0. The van der Waals surface area contributed by atoms with Gasteiger partial charge in [0.15, 0.2) is 0 Å². The summed E-state index contributed by atoms with van der Waals surface area (Å²) in [5.74, 6) is -3.20. The largest absolute Gasteiger partial charge is 0.281 e. The second kappa shape index (κ2) is 2.95. The van der Waals surface area contributed by atoms with Crippen LogP contribution in [0.4, 0.5) is 13.2 Å². The molecule has 0 saturated carbocycles. The average Bonchev–Trinajstić information content (AvgIpc) is 1.67. The third-order valence-corrected chi connectivity index (χ3v) is 0.743. The van der Waals surface area contributed by atoms with Gasteiger partial charge in [0.2, 0.25) is 6.67 Å². The van der Waals surface area contributed by atoms with Gasteiger partial charge in [-0.25, -0.2) is 13.2 Å². The number of rotatable bonds is 3. The lowest BCUT2D eigenvalue weighted by Crippen LogP contribution is -2.12. The van der Waals surface area contributed by atoms with Gasteiger partial charge >= 0.3 is 0 Å². The van der Waals surface area contributed by atoms with Crippen molar-refractivity contribution in [3.8, 4) is 0 Å². The van der Waals surface area contributed by atoms with E-state index < -0.39 is 19.0 Å². The minimum atomic E-state index is -3.20. The molecule has 3 heteroatoms. The summed E-state index contributed by atoms with van der Waals surface area (Å²) in [5.41, 5.74) is 0. The predicted octanol–water partition coefficient (Wildman–Crippen LogP) is 2.55. The molecular formula is C5H8F3. The molecule has 0 aromatic rings. The second-order valence-corrected chi connectivity index (χ2v) is 1.62. The lowest BCUT2D eigenvalue weighted by Gasteiger charge is -2.07. The Morgan fingerprint density at radius 3 is 2.12 bits per heavy atom. The molecule has 0 rings (SSSR count). The first kappa shape index (κ1) is 7.79. The fraction of sp³-hybridized carbons (Fsp3) is 0.800. The van der Waals surface area contributed by atoms with E-state index >= 15 is 0 Å². The molecule has 0 unspecified atom stereocenters. The van der Waals surface area contributed by atoms with Gasteiger partial charge in [0.25, 0.3) is 5.92 Å². The highest BCUT2D eigenvalue weighted by atomic mass is 19.3. The van der Waals surface area contributed by atoms with Crippen LogP contribution in [0.25, 0.3) is 0 Å². The van der Waals surface area contributed by atoms with Gasteiger partial charge < -0.3 is 0 Å². The van der Waals surface area contributed by atoms with Crippen molar-refractivity contribution in [2.45, 2.75) is 25.7 Å². The van der Waals surface area contributed by atoms with Crippen LogP contribution >= 0.6 is 0 Å². The van der Waals surface area contributed by atoms with Gasteiger partial charge in [-0.15, -0.1) is 0 Å². The first-order valence-electron chi connectivity index (χ1n) is 2.45. The number of alkyl halides is 2. The fourth-order valence-electron chi connectivity index (χ4n) is 0.388. The Morgan fingerprint density at radius 1 is 1.50 bits per heavy atom. The fourth-order valence-corrected chi connectivity index (χ4v) is 0.388. The summed E-state index contributed by atoms with van der Waals surface area (Å²) in [6.45, 7) is 1.02. The van der Waals surface area contributed by atoms with Crippen LogP contribution in [-0.2, 0) is 0 Å². The molecule has 0 amide bonds. The van der Waals surface area contributed by atoms with Crippen LogP contribution in [0.15, 0.2) is 0 Å². The van der Waals surface area contributed by atoms with Crippen molar-refractivity contribution in [1.29, 1.82) is 0 Å². The van der Waals surface area contributed by atoms with Crippen molar-refractivity contribution < 1.29 is 13.2 Å². The Hall–Kier alpha value is -0.210. The van der Waals surface area contributed by atoms with Gasteiger partial charge in [0.05, 0.1) is 0 Å². The molecule has 0 fully saturated rings. The maximum atomic E-state index is 11.7. The third-order valence-electron chi connectivity index (χ3n) is 0.743. The van der Waals surface area contributed by atoms with E-state index in [1.165, 1.54) is 0 Å². The summed E-state index contributed by atoms with van der Waals surface area (Å²) in [6.07, 6.45) is -0.100. The van der Waals surface area contributed by atoms with Gasteiger partial charge in [0, 0.05) is 6.42 Å². The van der Waals surface area contributed by atoms with E-state index in [9.17, 15) is 13.2 Å². The summed E-state index contributed by atoms with van der Waals surface area (Å²) in [4.78, 5) is 0. The Morgan fingerprint density at radius 2 is 2.00 bits per heavy atom.